The molecule has 0 aromatic rings. The minimum Gasteiger partial charge on any atom is -0.454 e. The molecule has 3 aliphatic rings. The highest BCUT2D eigenvalue weighted by Gasteiger charge is 3.01. The molecule has 2 aliphatic carbocycles. The Labute approximate surface area is 115 Å². The number of hydrogen-bond donors (Lipinski definition) is 5. The summed E-state index contributed by atoms with van der Waals surface area (Å²) in [6, 6.07) is 0. The topological polar surface area (TPSA) is 127 Å². The second kappa shape index (κ2) is 2.91. The lowest BCUT2D eigenvalue weighted by atomic mass is 9.92. The highest BCUT2D eigenvalue weighted by atomic mass is 16.6. The molecule has 7 nitrogen and oxygen atoms in total. The van der Waals surface area contributed by atoms with Crippen molar-refractivity contribution in [1.82, 2.24) is 0 Å². The van der Waals surface area contributed by atoms with Gasteiger partial charge in [-0.25, -0.2) is 4.79 Å². The van der Waals surface area contributed by atoms with Gasteiger partial charge in [-0.15, -0.1) is 0 Å². The van der Waals surface area contributed by atoms with E-state index in [1.165, 1.54) is 27.7 Å². The molecule has 0 bridgehead atoms. The number of carbonyl (C=O) groups is 1. The molecule has 0 spiro atoms. The van der Waals surface area contributed by atoms with E-state index in [0.717, 1.165) is 0 Å². The van der Waals surface area contributed by atoms with E-state index < -0.39 is 51.9 Å². The fourth-order valence-electron chi connectivity index (χ4n) is 4.27. The predicted octanol–water partition coefficient (Wildman–Crippen LogP) is -2.09. The molecule has 0 amide bonds. The van der Waals surface area contributed by atoms with Gasteiger partial charge in [0.2, 0.25) is 5.60 Å². The van der Waals surface area contributed by atoms with E-state index in [-0.39, 0.29) is 0 Å². The Balaban J connectivity index is 2.10. The van der Waals surface area contributed by atoms with Crippen molar-refractivity contribution in [2.24, 2.45) is 10.8 Å². The number of fused-ring (bicyclic) bond motifs is 1. The average molecular weight is 288 g/mol. The van der Waals surface area contributed by atoms with Gasteiger partial charge in [0, 0.05) is 10.8 Å². The summed E-state index contributed by atoms with van der Waals surface area (Å²) in [4.78, 5) is 11.9. The van der Waals surface area contributed by atoms with Crippen LogP contribution >= 0.6 is 0 Å². The quantitative estimate of drug-likeness (QED) is 0.369. The Morgan fingerprint density at radius 2 is 1.50 bits per heavy atom. The Kier molecular flexibility index (Phi) is 2.07. The molecular formula is C13H20O7. The third-order valence-electron chi connectivity index (χ3n) is 6.41. The molecule has 0 unspecified atom stereocenters. The second-order valence-corrected chi connectivity index (χ2v) is 7.30. The standard InChI is InChI=1S/C13H20O7/c1-8(2)10(16,5-14)11(8,17)6-12(18)9(3,4)13(12,19)7(15)20-6/h6,14,16-19H,5H2,1-4H3/t6-,10+,11+,12-,13+/m0/s1. The second-order valence-electron chi connectivity index (χ2n) is 7.30. The van der Waals surface area contributed by atoms with Crippen LogP contribution in [0.25, 0.3) is 0 Å². The summed E-state index contributed by atoms with van der Waals surface area (Å²) >= 11 is 0. The van der Waals surface area contributed by atoms with Crippen molar-refractivity contribution in [2.75, 3.05) is 6.61 Å². The van der Waals surface area contributed by atoms with Crippen molar-refractivity contribution in [3.05, 3.63) is 0 Å². The van der Waals surface area contributed by atoms with Gasteiger partial charge in [-0.05, 0) is 0 Å². The van der Waals surface area contributed by atoms with E-state index in [4.69, 9.17) is 4.74 Å². The molecule has 7 heteroatoms. The summed E-state index contributed by atoms with van der Waals surface area (Å²) in [5.74, 6) is -1.02. The summed E-state index contributed by atoms with van der Waals surface area (Å²) in [6.45, 7) is 5.20. The van der Waals surface area contributed by atoms with E-state index in [1.54, 1.807) is 0 Å². The minimum absolute atomic E-state index is 0.751. The number of aliphatic hydroxyl groups is 5. The first-order valence-corrected chi connectivity index (χ1v) is 6.54. The van der Waals surface area contributed by atoms with Crippen LogP contribution in [-0.2, 0) is 9.53 Å². The summed E-state index contributed by atoms with van der Waals surface area (Å²) < 4.78 is 4.96. The first-order valence-electron chi connectivity index (χ1n) is 6.54. The molecule has 114 valence electrons. The molecule has 0 radical (unpaired) electrons. The molecule has 0 aromatic heterocycles. The van der Waals surface area contributed by atoms with Crippen molar-refractivity contribution in [1.29, 1.82) is 0 Å². The Bertz CT molecular complexity index is 529. The number of aliphatic hydroxyl groups excluding tert-OH is 1. The van der Waals surface area contributed by atoms with Crippen LogP contribution in [0.5, 0.6) is 0 Å². The average Bonchev–Trinajstić information content (AvgIpc) is 2.80. The zero-order valence-electron chi connectivity index (χ0n) is 11.8. The zero-order valence-corrected chi connectivity index (χ0v) is 11.8. The molecular weight excluding hydrogens is 268 g/mol. The summed E-state index contributed by atoms with van der Waals surface area (Å²) in [7, 11) is 0. The lowest BCUT2D eigenvalue weighted by molar-refractivity contribution is -0.174. The van der Waals surface area contributed by atoms with Gasteiger partial charge in [0.15, 0.2) is 11.7 Å². The Morgan fingerprint density at radius 1 is 1.00 bits per heavy atom. The highest BCUT2D eigenvalue weighted by Crippen LogP contribution is 2.78. The Hall–Kier alpha value is -0.730. The normalized spacial score (nSPS) is 58.0. The number of ether oxygens (including phenoxy) is 1. The van der Waals surface area contributed by atoms with E-state index in [2.05, 4.69) is 0 Å². The van der Waals surface area contributed by atoms with Crippen molar-refractivity contribution in [3.8, 4) is 0 Å². The molecule has 1 heterocycles. The highest BCUT2D eigenvalue weighted by molar-refractivity contribution is 5.92. The zero-order chi connectivity index (χ0) is 15.6. The first-order chi connectivity index (χ1) is 8.82. The maximum atomic E-state index is 11.9. The van der Waals surface area contributed by atoms with Crippen LogP contribution in [0.4, 0.5) is 0 Å². The minimum atomic E-state index is -2.10. The van der Waals surface area contributed by atoms with Gasteiger partial charge in [0.25, 0.3) is 0 Å². The maximum absolute atomic E-state index is 11.9. The number of esters is 1. The van der Waals surface area contributed by atoms with Gasteiger partial charge in [-0.2, -0.15) is 0 Å². The predicted molar refractivity (Wildman–Crippen MR) is 64.3 cm³/mol. The summed E-state index contributed by atoms with van der Waals surface area (Å²) in [5, 5.41) is 51.4. The molecule has 5 atom stereocenters. The van der Waals surface area contributed by atoms with Crippen molar-refractivity contribution in [2.45, 2.75) is 56.2 Å². The lowest BCUT2D eigenvalue weighted by Gasteiger charge is -2.29. The van der Waals surface area contributed by atoms with Crippen LogP contribution < -0.4 is 0 Å². The van der Waals surface area contributed by atoms with Gasteiger partial charge in [0.05, 0.1) is 6.61 Å². The smallest absolute Gasteiger partial charge is 0.342 e. The number of cyclic esters (lactones) is 1. The lowest BCUT2D eigenvalue weighted by Crippen LogP contribution is -2.50. The molecule has 5 N–H and O–H groups in total. The summed E-state index contributed by atoms with van der Waals surface area (Å²) in [5.41, 5.74) is -10.4. The summed E-state index contributed by atoms with van der Waals surface area (Å²) in [6.07, 6.45) is -1.50. The van der Waals surface area contributed by atoms with Crippen molar-refractivity contribution in [3.63, 3.8) is 0 Å². The maximum Gasteiger partial charge on any atom is 0.342 e. The largest absolute Gasteiger partial charge is 0.454 e. The first kappa shape index (κ1) is 14.2. The Morgan fingerprint density at radius 3 is 1.80 bits per heavy atom. The van der Waals surface area contributed by atoms with Crippen LogP contribution in [0.1, 0.15) is 27.7 Å². The number of rotatable bonds is 2. The third kappa shape index (κ3) is 0.829. The molecule has 3 fully saturated rings. The number of hydrogen-bond acceptors (Lipinski definition) is 7. The molecule has 1 saturated heterocycles. The van der Waals surface area contributed by atoms with Crippen LogP contribution in [0.2, 0.25) is 0 Å². The van der Waals surface area contributed by atoms with Gasteiger partial charge in [0.1, 0.15) is 11.2 Å². The third-order valence-corrected chi connectivity index (χ3v) is 6.41. The van der Waals surface area contributed by atoms with Crippen LogP contribution in [0, 0.1) is 10.8 Å². The van der Waals surface area contributed by atoms with Gasteiger partial charge >= 0.3 is 5.97 Å². The van der Waals surface area contributed by atoms with E-state index in [0.29, 0.717) is 0 Å². The molecule has 2 saturated carbocycles. The van der Waals surface area contributed by atoms with Gasteiger partial charge in [-0.1, -0.05) is 27.7 Å². The molecule has 1 aliphatic heterocycles. The van der Waals surface area contributed by atoms with Gasteiger partial charge < -0.3 is 30.3 Å². The van der Waals surface area contributed by atoms with Crippen LogP contribution in [0.3, 0.4) is 0 Å². The monoisotopic (exact) mass is 288 g/mol. The molecule has 3 rings (SSSR count). The fourth-order valence-corrected chi connectivity index (χ4v) is 4.27. The SMILES string of the molecule is CC1(C)[C@](O)(CO)[C@@]1(O)[C@@H]1OC(=O)[C@@]2(O)C(C)(C)[C@@]12O. The van der Waals surface area contributed by atoms with E-state index >= 15 is 0 Å². The molecule has 0 aromatic carbocycles. The van der Waals surface area contributed by atoms with Crippen LogP contribution in [-0.4, -0.2) is 66.6 Å². The van der Waals surface area contributed by atoms with E-state index in [9.17, 15) is 30.3 Å². The molecule has 20 heavy (non-hydrogen) atoms. The van der Waals surface area contributed by atoms with Gasteiger partial charge in [-0.3, -0.25) is 0 Å². The van der Waals surface area contributed by atoms with Crippen molar-refractivity contribution < 1.29 is 35.1 Å². The fraction of sp³-hybridized carbons (Fsp3) is 0.923. The van der Waals surface area contributed by atoms with E-state index in [1.807, 2.05) is 0 Å². The number of carbonyl (C=O) groups excluding carboxylic acids is 1. The van der Waals surface area contributed by atoms with Crippen molar-refractivity contribution >= 4 is 5.97 Å². The van der Waals surface area contributed by atoms with Crippen LogP contribution in [0.15, 0.2) is 0 Å².